The van der Waals surface area contributed by atoms with Crippen LogP contribution in [0, 0.1) is 0 Å². The van der Waals surface area contributed by atoms with Crippen molar-refractivity contribution in [2.75, 3.05) is 0 Å². The topological polar surface area (TPSA) is 28.7 Å². The van der Waals surface area contributed by atoms with Gasteiger partial charge < -0.3 is 4.98 Å². The highest BCUT2D eigenvalue weighted by Gasteiger charge is 2.13. The zero-order chi connectivity index (χ0) is 11.5. The zero-order valence-electron chi connectivity index (χ0n) is 8.25. The first kappa shape index (κ1) is 11.8. The molecule has 16 heavy (non-hydrogen) atoms. The summed E-state index contributed by atoms with van der Waals surface area (Å²) in [5.41, 5.74) is 0.865. The Balaban J connectivity index is 2.17. The molecule has 1 N–H and O–H groups in total. The Bertz CT molecular complexity index is 468. The quantitative estimate of drug-likeness (QED) is 0.834. The van der Waals surface area contributed by atoms with Crippen molar-refractivity contribution in [1.29, 1.82) is 0 Å². The third kappa shape index (κ3) is 2.70. The summed E-state index contributed by atoms with van der Waals surface area (Å²) < 4.78 is 0. The molecule has 0 saturated heterocycles. The molecule has 0 aliphatic heterocycles. The van der Waals surface area contributed by atoms with Crippen LogP contribution >= 0.6 is 34.8 Å². The van der Waals surface area contributed by atoms with E-state index in [0.717, 1.165) is 11.4 Å². The fourth-order valence-electron chi connectivity index (χ4n) is 1.44. The molecule has 5 heteroatoms. The minimum atomic E-state index is -0.212. The van der Waals surface area contributed by atoms with E-state index in [1.807, 2.05) is 6.07 Å². The molecule has 0 radical (unpaired) electrons. The van der Waals surface area contributed by atoms with E-state index in [9.17, 15) is 0 Å². The van der Waals surface area contributed by atoms with Gasteiger partial charge in [0.15, 0.2) is 0 Å². The molecular weight excluding hydrogens is 266 g/mol. The minimum Gasteiger partial charge on any atom is -0.349 e. The maximum Gasteiger partial charge on any atom is 0.107 e. The Morgan fingerprint density at radius 2 is 2.12 bits per heavy atom. The van der Waals surface area contributed by atoms with E-state index in [1.54, 1.807) is 24.5 Å². The molecule has 0 saturated carbocycles. The number of nitrogens with one attached hydrogen (secondary N) is 1. The lowest BCUT2D eigenvalue weighted by atomic mass is 10.1. The smallest absolute Gasteiger partial charge is 0.107 e. The van der Waals surface area contributed by atoms with Gasteiger partial charge in [0.25, 0.3) is 0 Å². The van der Waals surface area contributed by atoms with Gasteiger partial charge in [-0.3, -0.25) is 0 Å². The molecule has 0 fully saturated rings. The summed E-state index contributed by atoms with van der Waals surface area (Å²) in [6, 6.07) is 5.31. The summed E-state index contributed by atoms with van der Waals surface area (Å²) in [6.07, 6.45) is 4.07. The normalized spacial score (nSPS) is 12.7. The molecule has 2 nitrogen and oxygen atoms in total. The molecule has 1 aromatic heterocycles. The molecule has 1 aromatic carbocycles. The first-order valence-electron chi connectivity index (χ1n) is 4.74. The third-order valence-electron chi connectivity index (χ3n) is 2.23. The summed E-state index contributed by atoms with van der Waals surface area (Å²) in [7, 11) is 0. The maximum atomic E-state index is 6.27. The van der Waals surface area contributed by atoms with E-state index in [-0.39, 0.29) is 5.38 Å². The minimum absolute atomic E-state index is 0.212. The van der Waals surface area contributed by atoms with Crippen LogP contribution in [0.1, 0.15) is 16.8 Å². The predicted octanol–water partition coefficient (Wildman–Crippen LogP) is 4.24. The van der Waals surface area contributed by atoms with E-state index in [0.29, 0.717) is 16.5 Å². The van der Waals surface area contributed by atoms with E-state index in [1.165, 1.54) is 0 Å². The van der Waals surface area contributed by atoms with Gasteiger partial charge in [-0.05, 0) is 17.7 Å². The first-order valence-corrected chi connectivity index (χ1v) is 5.93. The largest absolute Gasteiger partial charge is 0.349 e. The van der Waals surface area contributed by atoms with Gasteiger partial charge in [-0.25, -0.2) is 4.98 Å². The van der Waals surface area contributed by atoms with Crippen molar-refractivity contribution >= 4 is 34.8 Å². The molecule has 1 unspecified atom stereocenters. The zero-order valence-corrected chi connectivity index (χ0v) is 10.5. The number of hydrogen-bond donors (Lipinski definition) is 1. The number of benzene rings is 1. The molecule has 0 amide bonds. The fraction of sp³-hybridized carbons (Fsp3) is 0.182. The van der Waals surface area contributed by atoms with Crippen LogP contribution in [-0.4, -0.2) is 9.97 Å². The summed E-state index contributed by atoms with van der Waals surface area (Å²) in [5, 5.41) is 0.977. The highest BCUT2D eigenvalue weighted by atomic mass is 35.5. The lowest BCUT2D eigenvalue weighted by molar-refractivity contribution is 0.855. The highest BCUT2D eigenvalue weighted by molar-refractivity contribution is 6.35. The number of imidazole rings is 1. The maximum absolute atomic E-state index is 6.27. The summed E-state index contributed by atoms with van der Waals surface area (Å²) in [4.78, 5) is 7.12. The standard InChI is InChI=1S/C11H9Cl3N2/c12-7-1-2-8(9(13)5-7)10(14)6-11-15-3-4-16-11/h1-5,10H,6H2,(H,15,16). The van der Waals surface area contributed by atoms with Gasteiger partial charge in [0.05, 0.1) is 5.38 Å². The Morgan fingerprint density at radius 3 is 2.75 bits per heavy atom. The molecule has 1 heterocycles. The van der Waals surface area contributed by atoms with Crippen LogP contribution in [0.3, 0.4) is 0 Å². The van der Waals surface area contributed by atoms with Gasteiger partial charge in [-0.15, -0.1) is 11.6 Å². The molecule has 2 rings (SSSR count). The van der Waals surface area contributed by atoms with Gasteiger partial charge in [0.2, 0.25) is 0 Å². The number of H-pyrrole nitrogens is 1. The van der Waals surface area contributed by atoms with Crippen LogP contribution in [0.15, 0.2) is 30.6 Å². The second-order valence-corrected chi connectivity index (χ2v) is 4.74. The number of aromatic amines is 1. The van der Waals surface area contributed by atoms with Gasteiger partial charge in [-0.1, -0.05) is 29.3 Å². The molecule has 0 aliphatic rings. The van der Waals surface area contributed by atoms with Crippen molar-refractivity contribution in [2.45, 2.75) is 11.8 Å². The van der Waals surface area contributed by atoms with Gasteiger partial charge in [0.1, 0.15) is 5.82 Å². The number of halogens is 3. The van der Waals surface area contributed by atoms with Crippen LogP contribution in [0.5, 0.6) is 0 Å². The Kier molecular flexibility index (Phi) is 3.74. The van der Waals surface area contributed by atoms with E-state index in [2.05, 4.69) is 9.97 Å². The predicted molar refractivity (Wildman–Crippen MR) is 67.3 cm³/mol. The number of alkyl halides is 1. The average molecular weight is 276 g/mol. The Morgan fingerprint density at radius 1 is 1.31 bits per heavy atom. The molecule has 0 aliphatic carbocycles. The van der Waals surface area contributed by atoms with Gasteiger partial charge in [0, 0.05) is 28.9 Å². The molecule has 84 valence electrons. The van der Waals surface area contributed by atoms with E-state index in [4.69, 9.17) is 34.8 Å². The van der Waals surface area contributed by atoms with Gasteiger partial charge >= 0.3 is 0 Å². The van der Waals surface area contributed by atoms with Crippen molar-refractivity contribution < 1.29 is 0 Å². The van der Waals surface area contributed by atoms with Crippen molar-refractivity contribution in [3.05, 3.63) is 52.0 Å². The Labute approximate surface area is 109 Å². The lowest BCUT2D eigenvalue weighted by Crippen LogP contribution is -1.98. The molecule has 2 aromatic rings. The monoisotopic (exact) mass is 274 g/mol. The molecule has 0 bridgehead atoms. The number of aromatic nitrogens is 2. The van der Waals surface area contributed by atoms with Crippen molar-refractivity contribution in [2.24, 2.45) is 0 Å². The van der Waals surface area contributed by atoms with Crippen molar-refractivity contribution in [3.63, 3.8) is 0 Å². The van der Waals surface area contributed by atoms with Crippen LogP contribution in [0.25, 0.3) is 0 Å². The summed E-state index contributed by atoms with van der Waals surface area (Å²) >= 11 is 18.2. The fourth-order valence-corrected chi connectivity index (χ4v) is 2.38. The van der Waals surface area contributed by atoms with E-state index < -0.39 is 0 Å². The van der Waals surface area contributed by atoms with Crippen LogP contribution in [0.2, 0.25) is 10.0 Å². The summed E-state index contributed by atoms with van der Waals surface area (Å²) in [6.45, 7) is 0. The van der Waals surface area contributed by atoms with Crippen LogP contribution < -0.4 is 0 Å². The summed E-state index contributed by atoms with van der Waals surface area (Å²) in [5.74, 6) is 0.839. The SMILES string of the molecule is Clc1ccc(C(Cl)Cc2ncc[nH]2)c(Cl)c1. The Hall–Kier alpha value is -0.700. The van der Waals surface area contributed by atoms with Crippen LogP contribution in [0.4, 0.5) is 0 Å². The molecular formula is C11H9Cl3N2. The first-order chi connectivity index (χ1) is 7.66. The second-order valence-electron chi connectivity index (χ2n) is 3.37. The number of nitrogens with zero attached hydrogens (tertiary/aromatic N) is 1. The average Bonchev–Trinajstić information content (AvgIpc) is 2.70. The molecule has 1 atom stereocenters. The van der Waals surface area contributed by atoms with Crippen LogP contribution in [-0.2, 0) is 6.42 Å². The van der Waals surface area contributed by atoms with E-state index >= 15 is 0 Å². The number of hydrogen-bond acceptors (Lipinski definition) is 1. The highest BCUT2D eigenvalue weighted by Crippen LogP contribution is 2.31. The van der Waals surface area contributed by atoms with Crippen molar-refractivity contribution in [3.8, 4) is 0 Å². The lowest BCUT2D eigenvalue weighted by Gasteiger charge is -2.10. The third-order valence-corrected chi connectivity index (χ3v) is 3.18. The van der Waals surface area contributed by atoms with Gasteiger partial charge in [-0.2, -0.15) is 0 Å². The molecule has 0 spiro atoms. The number of rotatable bonds is 3. The second kappa shape index (κ2) is 5.09. The van der Waals surface area contributed by atoms with Crippen molar-refractivity contribution in [1.82, 2.24) is 9.97 Å².